The number of pyridine rings is 1. The van der Waals surface area contributed by atoms with Crippen molar-refractivity contribution < 1.29 is 4.79 Å². The molecule has 1 amide bonds. The van der Waals surface area contributed by atoms with Gasteiger partial charge in [0.2, 0.25) is 0 Å². The molecule has 2 heterocycles. The molecule has 1 aliphatic carbocycles. The van der Waals surface area contributed by atoms with E-state index in [1.165, 1.54) is 18.6 Å². The molecule has 0 bridgehead atoms. The maximum absolute atomic E-state index is 11.7. The van der Waals surface area contributed by atoms with Crippen molar-refractivity contribution in [2.75, 3.05) is 5.75 Å². The van der Waals surface area contributed by atoms with Gasteiger partial charge < -0.3 is 10.7 Å². The first-order valence-electron chi connectivity index (χ1n) is 8.27. The largest absolute Gasteiger partial charge is 0.365 e. The maximum atomic E-state index is 11.7. The Kier molecular flexibility index (Phi) is 6.51. The van der Waals surface area contributed by atoms with E-state index in [9.17, 15) is 9.59 Å². The van der Waals surface area contributed by atoms with E-state index in [1.807, 2.05) is 17.8 Å². The lowest BCUT2D eigenvalue weighted by Crippen LogP contribution is -2.26. The summed E-state index contributed by atoms with van der Waals surface area (Å²) >= 11 is 1.89. The van der Waals surface area contributed by atoms with Crippen molar-refractivity contribution in [2.24, 2.45) is 17.6 Å². The smallest absolute Gasteiger partial charge is 0.260 e. The molecule has 1 saturated carbocycles. The second-order valence-electron chi connectivity index (χ2n) is 6.67. The number of carbonyl (C=O) groups excluding carboxylic acids is 1. The number of aromatic amines is 1. The van der Waals surface area contributed by atoms with Crippen LogP contribution in [-0.4, -0.2) is 16.6 Å². The molecule has 5 heteroatoms. The Morgan fingerprint density at radius 2 is 1.91 bits per heavy atom. The Balaban J connectivity index is 0.000000326. The van der Waals surface area contributed by atoms with Crippen LogP contribution in [0, 0.1) is 11.8 Å². The van der Waals surface area contributed by atoms with Crippen LogP contribution in [0.15, 0.2) is 28.4 Å². The minimum atomic E-state index is -0.673. The lowest BCUT2D eigenvalue weighted by Gasteiger charge is -2.31. The number of rotatable bonds is 2. The van der Waals surface area contributed by atoms with E-state index < -0.39 is 5.91 Å². The molecular formula is C18H26N2O2S. The summed E-state index contributed by atoms with van der Waals surface area (Å²) in [6.45, 7) is 4.50. The zero-order chi connectivity index (χ0) is 16.8. The van der Waals surface area contributed by atoms with Gasteiger partial charge in [0, 0.05) is 11.4 Å². The summed E-state index contributed by atoms with van der Waals surface area (Å²) in [4.78, 5) is 25.6. The molecule has 2 unspecified atom stereocenters. The van der Waals surface area contributed by atoms with E-state index in [2.05, 4.69) is 30.3 Å². The highest BCUT2D eigenvalue weighted by atomic mass is 32.2. The zero-order valence-electron chi connectivity index (χ0n) is 13.9. The van der Waals surface area contributed by atoms with E-state index in [0.717, 1.165) is 18.5 Å². The Hall–Kier alpha value is -1.49. The lowest BCUT2D eigenvalue weighted by molar-refractivity contribution is 0.0998. The van der Waals surface area contributed by atoms with Crippen LogP contribution < -0.4 is 11.3 Å². The third-order valence-electron chi connectivity index (χ3n) is 4.41. The summed E-state index contributed by atoms with van der Waals surface area (Å²) in [6.07, 6.45) is 6.92. The maximum Gasteiger partial charge on any atom is 0.260 e. The van der Waals surface area contributed by atoms with Crippen LogP contribution in [-0.2, 0) is 0 Å². The number of nitrogens with one attached hydrogen (secondary N) is 1. The predicted octanol–water partition coefficient (Wildman–Crippen LogP) is 3.65. The van der Waals surface area contributed by atoms with E-state index in [-0.39, 0.29) is 11.1 Å². The van der Waals surface area contributed by atoms with Gasteiger partial charge in [-0.25, -0.2) is 0 Å². The van der Waals surface area contributed by atoms with Gasteiger partial charge in [-0.05, 0) is 61.0 Å². The highest BCUT2D eigenvalue weighted by Gasteiger charge is 2.25. The number of thioether (sulfide) groups is 1. The Bertz CT molecular complexity index is 608. The van der Waals surface area contributed by atoms with Crippen LogP contribution in [0.2, 0.25) is 0 Å². The van der Waals surface area contributed by atoms with Crippen LogP contribution in [0.5, 0.6) is 0 Å². The van der Waals surface area contributed by atoms with Crippen LogP contribution >= 0.6 is 11.8 Å². The van der Waals surface area contributed by atoms with Crippen molar-refractivity contribution >= 4 is 17.7 Å². The number of allylic oxidation sites excluding steroid dienone is 1. The second kappa shape index (κ2) is 8.39. The van der Waals surface area contributed by atoms with Crippen LogP contribution in [0.1, 0.15) is 61.5 Å². The number of primary amides is 1. The van der Waals surface area contributed by atoms with Gasteiger partial charge >= 0.3 is 0 Å². The number of nitrogens with two attached hydrogens (primary N) is 1. The first-order valence-corrected chi connectivity index (χ1v) is 9.32. The van der Waals surface area contributed by atoms with Gasteiger partial charge in [0.15, 0.2) is 0 Å². The molecule has 1 aliphatic heterocycles. The molecule has 126 valence electrons. The molecule has 2 aliphatic rings. The van der Waals surface area contributed by atoms with Gasteiger partial charge in [-0.3, -0.25) is 9.59 Å². The number of H-pyrrole nitrogens is 1. The lowest BCUT2D eigenvalue weighted by atomic mass is 9.75. The van der Waals surface area contributed by atoms with Gasteiger partial charge in [-0.1, -0.05) is 19.9 Å². The van der Waals surface area contributed by atoms with Gasteiger partial charge in [0.05, 0.1) is 0 Å². The fraction of sp³-hybridized carbons (Fsp3) is 0.556. The van der Waals surface area contributed by atoms with Gasteiger partial charge in [-0.15, -0.1) is 11.8 Å². The fourth-order valence-electron chi connectivity index (χ4n) is 3.46. The van der Waals surface area contributed by atoms with Gasteiger partial charge in [0.1, 0.15) is 5.56 Å². The quantitative estimate of drug-likeness (QED) is 0.867. The molecular weight excluding hydrogens is 308 g/mol. The van der Waals surface area contributed by atoms with Gasteiger partial charge in [-0.2, -0.15) is 0 Å². The molecule has 1 fully saturated rings. The molecule has 1 aromatic heterocycles. The summed E-state index contributed by atoms with van der Waals surface area (Å²) < 4.78 is 0. The summed E-state index contributed by atoms with van der Waals surface area (Å²) in [5.41, 5.74) is 5.73. The van der Waals surface area contributed by atoms with Crippen LogP contribution in [0.3, 0.4) is 0 Å². The molecule has 1 aromatic rings. The summed E-state index contributed by atoms with van der Waals surface area (Å²) in [6, 6.07) is 3.37. The Morgan fingerprint density at radius 1 is 1.22 bits per heavy atom. The number of aromatic nitrogens is 1. The van der Waals surface area contributed by atoms with Crippen molar-refractivity contribution in [3.05, 3.63) is 45.2 Å². The number of amides is 1. The summed E-state index contributed by atoms with van der Waals surface area (Å²) in [7, 11) is 0. The first-order chi connectivity index (χ1) is 11.0. The van der Waals surface area contributed by atoms with E-state index in [4.69, 9.17) is 5.73 Å². The monoisotopic (exact) mass is 334 g/mol. The third-order valence-corrected chi connectivity index (χ3v) is 5.27. The van der Waals surface area contributed by atoms with Crippen molar-refractivity contribution in [2.45, 2.75) is 45.4 Å². The minimum Gasteiger partial charge on any atom is -0.365 e. The van der Waals surface area contributed by atoms with E-state index in [0.29, 0.717) is 17.8 Å². The van der Waals surface area contributed by atoms with Crippen molar-refractivity contribution in [3.63, 3.8) is 0 Å². The standard InChI is InChI=1S/C14H20N2O2.C4H6S/c1-8-5-9(2)7-10(6-8)12-4-3-11(13(15)17)14(18)16-12;1-2-4-5-3-1/h3-4,8-10H,5-7H2,1-2H3,(H2,15,17)(H,16,18);1,3H,2,4H2. The van der Waals surface area contributed by atoms with Crippen molar-refractivity contribution in [1.82, 2.24) is 4.98 Å². The molecule has 0 aromatic carbocycles. The highest BCUT2D eigenvalue weighted by molar-refractivity contribution is 8.02. The minimum absolute atomic E-state index is 0.0376. The van der Waals surface area contributed by atoms with Crippen LogP contribution in [0.4, 0.5) is 0 Å². The molecule has 2 atom stereocenters. The topological polar surface area (TPSA) is 76.0 Å². The van der Waals surface area contributed by atoms with Crippen molar-refractivity contribution in [1.29, 1.82) is 0 Å². The van der Waals surface area contributed by atoms with Crippen LogP contribution in [0.25, 0.3) is 0 Å². The normalized spacial score (nSPS) is 26.4. The zero-order valence-corrected chi connectivity index (χ0v) is 14.7. The molecule has 0 radical (unpaired) electrons. The number of hydrogen-bond donors (Lipinski definition) is 2. The molecule has 0 saturated heterocycles. The number of carbonyl (C=O) groups is 1. The van der Waals surface area contributed by atoms with Gasteiger partial charge in [0.25, 0.3) is 11.5 Å². The molecule has 4 nitrogen and oxygen atoms in total. The average Bonchev–Trinajstić information content (AvgIpc) is 3.05. The second-order valence-corrected chi connectivity index (χ2v) is 7.68. The predicted molar refractivity (Wildman–Crippen MR) is 96.7 cm³/mol. The molecule has 0 spiro atoms. The van der Waals surface area contributed by atoms with Crippen molar-refractivity contribution in [3.8, 4) is 0 Å². The summed E-state index contributed by atoms with van der Waals surface area (Å²) in [5, 5.41) is 2.15. The average molecular weight is 334 g/mol. The molecule has 23 heavy (non-hydrogen) atoms. The Labute approximate surface area is 141 Å². The third kappa shape index (κ3) is 5.27. The highest BCUT2D eigenvalue weighted by Crippen LogP contribution is 2.37. The van der Waals surface area contributed by atoms with E-state index in [1.54, 1.807) is 6.07 Å². The SMILES string of the molecule is C1=CSCC1.CC1CC(C)CC(c2ccc(C(N)=O)c(=O)[nH]2)C1. The summed E-state index contributed by atoms with van der Waals surface area (Å²) in [5.74, 6) is 2.38. The molecule has 3 N–H and O–H groups in total. The first kappa shape index (κ1) is 17.9. The number of hydrogen-bond acceptors (Lipinski definition) is 3. The Morgan fingerprint density at radius 3 is 2.35 bits per heavy atom. The fourth-order valence-corrected chi connectivity index (χ4v) is 4.14. The van der Waals surface area contributed by atoms with E-state index >= 15 is 0 Å². The molecule has 3 rings (SSSR count).